The van der Waals surface area contributed by atoms with E-state index in [4.69, 9.17) is 21.6 Å². The van der Waals surface area contributed by atoms with E-state index in [1.54, 1.807) is 18.2 Å². The number of halogens is 2. The molecule has 1 aromatic carbocycles. The number of ether oxygens (including phenoxy) is 1. The molecule has 102 valence electrons. The van der Waals surface area contributed by atoms with Crippen molar-refractivity contribution in [2.45, 2.75) is 6.10 Å². The number of anilines is 1. The van der Waals surface area contributed by atoms with Crippen LogP contribution in [0.4, 0.5) is 5.69 Å². The van der Waals surface area contributed by atoms with Gasteiger partial charge in [-0.3, -0.25) is 4.79 Å². The van der Waals surface area contributed by atoms with Gasteiger partial charge >= 0.3 is 0 Å². The lowest BCUT2D eigenvalue weighted by Gasteiger charge is -2.22. The molecule has 1 saturated heterocycles. The van der Waals surface area contributed by atoms with Crippen LogP contribution in [0.2, 0.25) is 5.02 Å². The molecule has 0 unspecified atom stereocenters. The van der Waals surface area contributed by atoms with E-state index in [1.165, 1.54) is 0 Å². The number of morpholine rings is 1. The van der Waals surface area contributed by atoms with Crippen LogP contribution in [-0.4, -0.2) is 31.7 Å². The Balaban J connectivity index is 0.00000180. The van der Waals surface area contributed by atoms with Crippen molar-refractivity contribution in [2.24, 2.45) is 0 Å². The maximum Gasteiger partial charge on any atom is 0.254 e. The van der Waals surface area contributed by atoms with Gasteiger partial charge in [0, 0.05) is 18.8 Å². The molecule has 1 amide bonds. The van der Waals surface area contributed by atoms with Gasteiger partial charge < -0.3 is 15.4 Å². The molecule has 19 heavy (non-hydrogen) atoms. The number of benzene rings is 1. The summed E-state index contributed by atoms with van der Waals surface area (Å²) in [6.45, 7) is 1.77. The minimum absolute atomic E-state index is 0. The van der Waals surface area contributed by atoms with Gasteiger partial charge in [-0.25, -0.2) is 0 Å². The molecule has 0 spiro atoms. The Hall–Kier alpha value is -1.32. The van der Waals surface area contributed by atoms with E-state index >= 15 is 0 Å². The number of hydrogen-bond donors (Lipinski definition) is 2. The van der Waals surface area contributed by atoms with Crippen molar-refractivity contribution in [2.75, 3.05) is 25.0 Å². The normalized spacial score (nSPS) is 18.0. The summed E-state index contributed by atoms with van der Waals surface area (Å²) in [4.78, 5) is 11.8. The van der Waals surface area contributed by atoms with Crippen LogP contribution in [0.3, 0.4) is 0 Å². The fraction of sp³-hybridized carbons (Fsp3) is 0.333. The number of hydrogen-bond acceptors (Lipinski definition) is 4. The van der Waals surface area contributed by atoms with Crippen LogP contribution in [0.25, 0.3) is 0 Å². The molecule has 1 aliphatic heterocycles. The van der Waals surface area contributed by atoms with Gasteiger partial charge in [0.05, 0.1) is 17.2 Å². The van der Waals surface area contributed by atoms with Crippen LogP contribution < -0.4 is 10.6 Å². The maximum absolute atomic E-state index is 11.8. The second-order valence-corrected chi connectivity index (χ2v) is 4.27. The van der Waals surface area contributed by atoms with Crippen molar-refractivity contribution < 1.29 is 9.53 Å². The molecule has 7 heteroatoms. The van der Waals surface area contributed by atoms with Crippen LogP contribution in [0.5, 0.6) is 0 Å². The van der Waals surface area contributed by atoms with Gasteiger partial charge in [-0.1, -0.05) is 11.6 Å². The van der Waals surface area contributed by atoms with E-state index in [0.29, 0.717) is 29.4 Å². The lowest BCUT2D eigenvalue weighted by molar-refractivity contribution is -0.128. The Morgan fingerprint density at radius 3 is 2.95 bits per heavy atom. The fourth-order valence-corrected chi connectivity index (χ4v) is 1.86. The first kappa shape index (κ1) is 15.7. The molecule has 1 aliphatic rings. The summed E-state index contributed by atoms with van der Waals surface area (Å²) < 4.78 is 5.33. The fourth-order valence-electron chi connectivity index (χ4n) is 1.64. The van der Waals surface area contributed by atoms with Crippen molar-refractivity contribution in [3.8, 4) is 6.07 Å². The minimum atomic E-state index is -0.492. The standard InChI is InChI=1S/C12H12ClN3O2.ClH/c13-10-5-9(2-1-8(10)6-14)16-12(17)11-7-15-3-4-18-11;/h1-2,5,11,15H,3-4,7H2,(H,16,17);1H/t11-;/m1./s1. The molecule has 0 aromatic heterocycles. The van der Waals surface area contributed by atoms with Crippen molar-refractivity contribution in [1.29, 1.82) is 5.26 Å². The SMILES string of the molecule is Cl.N#Cc1ccc(NC(=O)[C@H]2CNCCO2)cc1Cl. The van der Waals surface area contributed by atoms with Gasteiger partial charge in [-0.2, -0.15) is 5.26 Å². The molecular weight excluding hydrogens is 289 g/mol. The molecule has 1 atom stereocenters. The Bertz CT molecular complexity index is 496. The van der Waals surface area contributed by atoms with Crippen LogP contribution in [-0.2, 0) is 9.53 Å². The molecule has 5 nitrogen and oxygen atoms in total. The van der Waals surface area contributed by atoms with Gasteiger partial charge in [-0.05, 0) is 18.2 Å². The molecule has 1 fully saturated rings. The lowest BCUT2D eigenvalue weighted by atomic mass is 10.2. The van der Waals surface area contributed by atoms with E-state index in [2.05, 4.69) is 10.6 Å². The van der Waals surface area contributed by atoms with Gasteiger partial charge in [0.1, 0.15) is 12.2 Å². The number of amides is 1. The highest BCUT2D eigenvalue weighted by molar-refractivity contribution is 6.32. The number of nitriles is 1. The average Bonchev–Trinajstić information content (AvgIpc) is 2.40. The van der Waals surface area contributed by atoms with Crippen LogP contribution in [0.15, 0.2) is 18.2 Å². The monoisotopic (exact) mass is 301 g/mol. The lowest BCUT2D eigenvalue weighted by Crippen LogP contribution is -2.45. The summed E-state index contributed by atoms with van der Waals surface area (Å²) in [6.07, 6.45) is -0.492. The first-order valence-electron chi connectivity index (χ1n) is 5.53. The number of carbonyl (C=O) groups excluding carboxylic acids is 1. The highest BCUT2D eigenvalue weighted by atomic mass is 35.5. The molecule has 1 aromatic rings. The van der Waals surface area contributed by atoms with E-state index < -0.39 is 6.10 Å². The van der Waals surface area contributed by atoms with Crippen LogP contribution >= 0.6 is 24.0 Å². The highest BCUT2D eigenvalue weighted by Gasteiger charge is 2.21. The Labute approximate surface area is 122 Å². The largest absolute Gasteiger partial charge is 0.366 e. The Kier molecular flexibility index (Phi) is 6.06. The molecule has 1 heterocycles. The highest BCUT2D eigenvalue weighted by Crippen LogP contribution is 2.20. The molecule has 0 saturated carbocycles. The third-order valence-corrected chi connectivity index (χ3v) is 2.89. The summed E-state index contributed by atoms with van der Waals surface area (Å²) in [5.41, 5.74) is 0.934. The number of rotatable bonds is 2. The van der Waals surface area contributed by atoms with E-state index in [0.717, 1.165) is 6.54 Å². The number of nitrogens with zero attached hydrogens (tertiary/aromatic N) is 1. The first-order valence-corrected chi connectivity index (χ1v) is 5.91. The van der Waals surface area contributed by atoms with Gasteiger partial charge in [-0.15, -0.1) is 12.4 Å². The van der Waals surface area contributed by atoms with E-state index in [9.17, 15) is 4.79 Å². The van der Waals surface area contributed by atoms with Crippen molar-refractivity contribution in [1.82, 2.24) is 5.32 Å². The van der Waals surface area contributed by atoms with Gasteiger partial charge in [0.25, 0.3) is 5.91 Å². The molecule has 0 radical (unpaired) electrons. The summed E-state index contributed by atoms with van der Waals surface area (Å²) in [7, 11) is 0. The zero-order valence-corrected chi connectivity index (χ0v) is 11.6. The predicted octanol–water partition coefficient (Wildman–Crippen LogP) is 1.56. The molecule has 0 bridgehead atoms. The smallest absolute Gasteiger partial charge is 0.254 e. The second-order valence-electron chi connectivity index (χ2n) is 3.86. The molecule has 2 N–H and O–H groups in total. The first-order chi connectivity index (χ1) is 8.70. The van der Waals surface area contributed by atoms with Crippen LogP contribution in [0, 0.1) is 11.3 Å². The Morgan fingerprint density at radius 1 is 1.58 bits per heavy atom. The summed E-state index contributed by atoms with van der Waals surface area (Å²) in [6, 6.07) is 6.71. The topological polar surface area (TPSA) is 74.2 Å². The third kappa shape index (κ3) is 4.08. The van der Waals surface area contributed by atoms with E-state index in [1.807, 2.05) is 6.07 Å². The van der Waals surface area contributed by atoms with Crippen molar-refractivity contribution in [3.05, 3.63) is 28.8 Å². The van der Waals surface area contributed by atoms with E-state index in [-0.39, 0.29) is 18.3 Å². The quantitative estimate of drug-likeness (QED) is 0.869. The average molecular weight is 302 g/mol. The zero-order chi connectivity index (χ0) is 13.0. The molecule has 2 rings (SSSR count). The van der Waals surface area contributed by atoms with Crippen molar-refractivity contribution >= 4 is 35.6 Å². The molecular formula is C12H13Cl2N3O2. The second kappa shape index (κ2) is 7.31. The molecule has 0 aliphatic carbocycles. The Morgan fingerprint density at radius 2 is 2.37 bits per heavy atom. The minimum Gasteiger partial charge on any atom is -0.366 e. The number of carbonyl (C=O) groups is 1. The van der Waals surface area contributed by atoms with Gasteiger partial charge in [0.2, 0.25) is 0 Å². The predicted molar refractivity (Wildman–Crippen MR) is 74.7 cm³/mol. The van der Waals surface area contributed by atoms with Crippen LogP contribution in [0.1, 0.15) is 5.56 Å². The number of nitrogens with one attached hydrogen (secondary N) is 2. The summed E-state index contributed by atoms with van der Waals surface area (Å²) in [5.74, 6) is -0.219. The maximum atomic E-state index is 11.8. The zero-order valence-electron chi connectivity index (χ0n) is 9.98. The summed E-state index contributed by atoms with van der Waals surface area (Å²) >= 11 is 5.88. The summed E-state index contributed by atoms with van der Waals surface area (Å²) in [5, 5.41) is 14.8. The van der Waals surface area contributed by atoms with Gasteiger partial charge in [0.15, 0.2) is 0 Å². The van der Waals surface area contributed by atoms with Crippen molar-refractivity contribution in [3.63, 3.8) is 0 Å². The third-order valence-electron chi connectivity index (χ3n) is 2.58.